The normalized spacial score (nSPS) is 11.8. The summed E-state index contributed by atoms with van der Waals surface area (Å²) in [6, 6.07) is 13.1. The van der Waals surface area contributed by atoms with Gasteiger partial charge in [0.25, 0.3) is 5.91 Å². The van der Waals surface area contributed by atoms with Crippen LogP contribution in [0.15, 0.2) is 70.6 Å². The molecule has 0 aliphatic rings. The number of aromatic nitrogens is 2. The molecule has 0 radical (unpaired) electrons. The van der Waals surface area contributed by atoms with Gasteiger partial charge in [-0.2, -0.15) is 5.10 Å². The number of phenols is 1. The molecule has 3 aromatic rings. The second-order valence-electron chi connectivity index (χ2n) is 6.48. The first-order valence-electron chi connectivity index (χ1n) is 9.27. The van der Waals surface area contributed by atoms with E-state index in [2.05, 4.69) is 41.7 Å². The predicted octanol–water partition coefficient (Wildman–Crippen LogP) is 2.87. The Morgan fingerprint density at radius 3 is 2.81 bits per heavy atom. The van der Waals surface area contributed by atoms with Crippen LogP contribution in [0.2, 0.25) is 0 Å². The van der Waals surface area contributed by atoms with Gasteiger partial charge in [-0.3, -0.25) is 4.79 Å². The topological polar surface area (TPSA) is 129 Å². The minimum atomic E-state index is -0.961. The molecule has 0 unspecified atom stereocenters. The monoisotopic (exact) mass is 485 g/mol. The minimum Gasteiger partial charge on any atom is -0.507 e. The Balaban J connectivity index is 1.61. The smallest absolute Gasteiger partial charge is 0.408 e. The van der Waals surface area contributed by atoms with Crippen LogP contribution in [-0.4, -0.2) is 39.3 Å². The number of hydrogen-bond acceptors (Lipinski definition) is 6. The third-order valence-electron chi connectivity index (χ3n) is 4.17. The van der Waals surface area contributed by atoms with Gasteiger partial charge in [-0.15, -0.1) is 0 Å². The molecular formula is C21H20BrN5O4. The van der Waals surface area contributed by atoms with Gasteiger partial charge in [-0.1, -0.05) is 46.3 Å². The van der Waals surface area contributed by atoms with Crippen molar-refractivity contribution in [2.24, 2.45) is 5.10 Å². The molecule has 0 saturated carbocycles. The van der Waals surface area contributed by atoms with Crippen LogP contribution >= 0.6 is 15.9 Å². The molecule has 9 nitrogen and oxygen atoms in total. The molecule has 0 bridgehead atoms. The van der Waals surface area contributed by atoms with Crippen LogP contribution in [0.1, 0.15) is 16.8 Å². The number of phenolic OH excluding ortho intramolecular Hbond substituents is 1. The van der Waals surface area contributed by atoms with E-state index in [4.69, 9.17) is 4.74 Å². The standard InChI is InChI=1S/C21H20BrN5O4/c22-16-6-7-19(28)15(8-16)10-25-27-20(29)18(9-17-11-23-13-24-17)26-21(30)31-12-14-4-2-1-3-5-14/h1-8,10-11,13,18,28H,9,12H2,(H,23,24)(H,26,30)(H,27,29)/b25-10-/t18-/m1/s1. The Labute approximate surface area is 186 Å². The van der Waals surface area contributed by atoms with Crippen molar-refractivity contribution in [1.29, 1.82) is 0 Å². The Morgan fingerprint density at radius 1 is 1.26 bits per heavy atom. The first-order chi connectivity index (χ1) is 15.0. The number of ether oxygens (including phenoxy) is 1. The Morgan fingerprint density at radius 2 is 2.06 bits per heavy atom. The van der Waals surface area contributed by atoms with E-state index in [9.17, 15) is 14.7 Å². The number of carbonyl (C=O) groups is 2. The number of alkyl carbamates (subject to hydrolysis) is 1. The van der Waals surface area contributed by atoms with Crippen molar-refractivity contribution in [2.75, 3.05) is 0 Å². The predicted molar refractivity (Wildman–Crippen MR) is 117 cm³/mol. The van der Waals surface area contributed by atoms with Gasteiger partial charge in [0.15, 0.2) is 0 Å². The number of carbonyl (C=O) groups excluding carboxylic acids is 2. The van der Waals surface area contributed by atoms with Crippen LogP contribution < -0.4 is 10.7 Å². The summed E-state index contributed by atoms with van der Waals surface area (Å²) >= 11 is 3.30. The molecule has 1 heterocycles. The number of hydrazone groups is 1. The average Bonchev–Trinajstić information content (AvgIpc) is 3.28. The van der Waals surface area contributed by atoms with Crippen molar-refractivity contribution in [3.05, 3.63) is 82.3 Å². The van der Waals surface area contributed by atoms with Crippen LogP contribution in [0, 0.1) is 0 Å². The largest absolute Gasteiger partial charge is 0.507 e. The molecule has 0 fully saturated rings. The Bertz CT molecular complexity index is 1040. The summed E-state index contributed by atoms with van der Waals surface area (Å²) in [6.07, 6.45) is 3.76. The molecule has 160 valence electrons. The van der Waals surface area contributed by atoms with Crippen molar-refractivity contribution in [1.82, 2.24) is 20.7 Å². The second kappa shape index (κ2) is 10.9. The van der Waals surface area contributed by atoms with Crippen molar-refractivity contribution in [3.63, 3.8) is 0 Å². The number of hydrogen-bond donors (Lipinski definition) is 4. The zero-order valence-corrected chi connectivity index (χ0v) is 17.9. The summed E-state index contributed by atoms with van der Waals surface area (Å²) in [7, 11) is 0. The molecule has 4 N–H and O–H groups in total. The lowest BCUT2D eigenvalue weighted by atomic mass is 10.1. The quantitative estimate of drug-likeness (QED) is 0.288. The van der Waals surface area contributed by atoms with Gasteiger partial charge < -0.3 is 20.1 Å². The van der Waals surface area contributed by atoms with E-state index in [0.717, 1.165) is 10.0 Å². The van der Waals surface area contributed by atoms with Crippen LogP contribution in [0.3, 0.4) is 0 Å². The van der Waals surface area contributed by atoms with Crippen molar-refractivity contribution >= 4 is 34.1 Å². The zero-order valence-electron chi connectivity index (χ0n) is 16.3. The van der Waals surface area contributed by atoms with Gasteiger partial charge >= 0.3 is 6.09 Å². The highest BCUT2D eigenvalue weighted by molar-refractivity contribution is 9.10. The summed E-state index contributed by atoms with van der Waals surface area (Å²) in [6.45, 7) is 0.0748. The van der Waals surface area contributed by atoms with E-state index >= 15 is 0 Å². The number of amides is 2. The van der Waals surface area contributed by atoms with Gasteiger partial charge in [-0.25, -0.2) is 15.2 Å². The van der Waals surface area contributed by atoms with E-state index in [1.54, 1.807) is 18.3 Å². The highest BCUT2D eigenvalue weighted by atomic mass is 79.9. The lowest BCUT2D eigenvalue weighted by Crippen LogP contribution is -2.47. The van der Waals surface area contributed by atoms with E-state index in [1.165, 1.54) is 18.6 Å². The zero-order chi connectivity index (χ0) is 22.1. The third-order valence-corrected chi connectivity index (χ3v) is 4.66. The number of rotatable bonds is 8. The number of benzene rings is 2. The highest BCUT2D eigenvalue weighted by Crippen LogP contribution is 2.19. The van der Waals surface area contributed by atoms with E-state index in [-0.39, 0.29) is 18.8 Å². The maximum Gasteiger partial charge on any atom is 0.408 e. The SMILES string of the molecule is O=C(N[C@H](Cc1cnc[nH]1)C(=O)N/N=C\c1cc(Br)ccc1O)OCc1ccccc1. The Kier molecular flexibility index (Phi) is 7.77. The molecule has 1 aromatic heterocycles. The fourth-order valence-corrected chi connectivity index (χ4v) is 2.98. The van der Waals surface area contributed by atoms with Crippen molar-refractivity contribution < 1.29 is 19.4 Å². The summed E-state index contributed by atoms with van der Waals surface area (Å²) in [5.41, 5.74) is 4.26. The van der Waals surface area contributed by atoms with Crippen LogP contribution in [-0.2, 0) is 22.6 Å². The fraction of sp³-hybridized carbons (Fsp3) is 0.143. The molecule has 0 aliphatic carbocycles. The minimum absolute atomic E-state index is 0.0119. The van der Waals surface area contributed by atoms with E-state index in [1.807, 2.05) is 30.3 Å². The van der Waals surface area contributed by atoms with Gasteiger partial charge in [0, 0.05) is 28.3 Å². The maximum absolute atomic E-state index is 12.6. The summed E-state index contributed by atoms with van der Waals surface area (Å²) in [4.78, 5) is 31.6. The maximum atomic E-state index is 12.6. The van der Waals surface area contributed by atoms with Gasteiger partial charge in [0.1, 0.15) is 18.4 Å². The van der Waals surface area contributed by atoms with Crippen LogP contribution in [0.4, 0.5) is 4.79 Å². The van der Waals surface area contributed by atoms with Crippen molar-refractivity contribution in [2.45, 2.75) is 19.1 Å². The number of aromatic hydroxyl groups is 1. The van der Waals surface area contributed by atoms with Gasteiger partial charge in [0.2, 0.25) is 0 Å². The number of halogens is 1. The first kappa shape index (κ1) is 22.0. The Hall–Kier alpha value is -3.66. The summed E-state index contributed by atoms with van der Waals surface area (Å²) in [5.74, 6) is -0.546. The molecule has 10 heteroatoms. The fourth-order valence-electron chi connectivity index (χ4n) is 2.60. The molecule has 0 aliphatic heterocycles. The number of imidazole rings is 1. The number of nitrogens with one attached hydrogen (secondary N) is 3. The molecule has 3 rings (SSSR count). The molecule has 0 saturated heterocycles. The molecule has 2 amide bonds. The van der Waals surface area contributed by atoms with Crippen LogP contribution in [0.5, 0.6) is 5.75 Å². The summed E-state index contributed by atoms with van der Waals surface area (Å²) < 4.78 is 5.95. The average molecular weight is 486 g/mol. The number of H-pyrrole nitrogens is 1. The number of nitrogens with zero attached hydrogens (tertiary/aromatic N) is 2. The first-order valence-corrected chi connectivity index (χ1v) is 10.1. The van der Waals surface area contributed by atoms with Crippen molar-refractivity contribution in [3.8, 4) is 5.75 Å². The van der Waals surface area contributed by atoms with Gasteiger partial charge in [-0.05, 0) is 23.8 Å². The van der Waals surface area contributed by atoms with Gasteiger partial charge in [0.05, 0.1) is 12.5 Å². The third kappa shape index (κ3) is 6.96. The number of aromatic amines is 1. The highest BCUT2D eigenvalue weighted by Gasteiger charge is 2.22. The lowest BCUT2D eigenvalue weighted by molar-refractivity contribution is -0.123. The second-order valence-corrected chi connectivity index (χ2v) is 7.39. The summed E-state index contributed by atoms with van der Waals surface area (Å²) in [5, 5.41) is 16.3. The van der Waals surface area contributed by atoms with E-state index < -0.39 is 18.0 Å². The molecular weight excluding hydrogens is 466 g/mol. The van der Waals surface area contributed by atoms with E-state index in [0.29, 0.717) is 11.3 Å². The molecule has 31 heavy (non-hydrogen) atoms. The lowest BCUT2D eigenvalue weighted by Gasteiger charge is -2.16. The molecule has 1 atom stereocenters. The molecule has 2 aromatic carbocycles. The molecule has 0 spiro atoms. The van der Waals surface area contributed by atoms with Crippen LogP contribution in [0.25, 0.3) is 0 Å².